The van der Waals surface area contributed by atoms with Gasteiger partial charge in [0.1, 0.15) is 11.3 Å². The van der Waals surface area contributed by atoms with Crippen molar-refractivity contribution in [3.63, 3.8) is 0 Å². The van der Waals surface area contributed by atoms with E-state index >= 15 is 0 Å². The number of carbonyl (C=O) groups is 1. The predicted octanol–water partition coefficient (Wildman–Crippen LogP) is 2.84. The van der Waals surface area contributed by atoms with Crippen LogP contribution in [-0.4, -0.2) is 24.6 Å². The van der Waals surface area contributed by atoms with Gasteiger partial charge in [0.25, 0.3) is 5.91 Å². The summed E-state index contributed by atoms with van der Waals surface area (Å²) in [6.07, 6.45) is 2.58. The van der Waals surface area contributed by atoms with Crippen molar-refractivity contribution >= 4 is 22.5 Å². The van der Waals surface area contributed by atoms with Crippen LogP contribution in [0.15, 0.2) is 53.5 Å². The zero-order chi connectivity index (χ0) is 17.6. The van der Waals surface area contributed by atoms with Gasteiger partial charge >= 0.3 is 0 Å². The highest BCUT2D eigenvalue weighted by molar-refractivity contribution is 6.07. The second kappa shape index (κ2) is 5.77. The summed E-state index contributed by atoms with van der Waals surface area (Å²) < 4.78 is 7.22. The molecule has 0 aliphatic carbocycles. The molecule has 1 aliphatic rings. The maximum absolute atomic E-state index is 13.0. The minimum atomic E-state index is -0.318. The van der Waals surface area contributed by atoms with Gasteiger partial charge in [0.2, 0.25) is 5.43 Å². The highest BCUT2D eigenvalue weighted by Crippen LogP contribution is 2.25. The summed E-state index contributed by atoms with van der Waals surface area (Å²) in [5.41, 5.74) is 2.77. The number of aryl methyl sites for hydroxylation is 2. The molecule has 4 rings (SSSR count). The topological polar surface area (TPSA) is 51.5 Å². The first-order valence-electron chi connectivity index (χ1n) is 8.17. The summed E-state index contributed by atoms with van der Waals surface area (Å²) in [6.45, 7) is 0.791. The quantitative estimate of drug-likeness (QED) is 0.740. The van der Waals surface area contributed by atoms with Crippen LogP contribution in [0, 0.1) is 0 Å². The molecule has 0 N–H and O–H groups in total. The third-order valence-electron chi connectivity index (χ3n) is 4.78. The van der Waals surface area contributed by atoms with Crippen LogP contribution in [0.5, 0.6) is 5.75 Å². The van der Waals surface area contributed by atoms with Crippen LogP contribution in [-0.2, 0) is 13.0 Å². The summed E-state index contributed by atoms with van der Waals surface area (Å²) in [5.74, 6) is 0.344. The third kappa shape index (κ3) is 2.39. The minimum Gasteiger partial charge on any atom is -0.497 e. The van der Waals surface area contributed by atoms with E-state index in [0.29, 0.717) is 16.8 Å². The number of anilines is 1. The number of methoxy groups -OCH3 is 1. The van der Waals surface area contributed by atoms with E-state index in [1.165, 1.54) is 4.90 Å². The smallest absolute Gasteiger partial charge is 0.263 e. The molecule has 126 valence electrons. The van der Waals surface area contributed by atoms with Crippen molar-refractivity contribution < 1.29 is 9.53 Å². The van der Waals surface area contributed by atoms with E-state index in [0.717, 1.165) is 24.0 Å². The molecule has 3 aromatic rings. The fourth-order valence-corrected chi connectivity index (χ4v) is 3.43. The van der Waals surface area contributed by atoms with Gasteiger partial charge in [0.15, 0.2) is 0 Å². The molecule has 1 amide bonds. The van der Waals surface area contributed by atoms with Crippen molar-refractivity contribution in [2.24, 2.45) is 0 Å². The van der Waals surface area contributed by atoms with E-state index in [2.05, 4.69) is 0 Å². The van der Waals surface area contributed by atoms with Crippen LogP contribution in [0.4, 0.5) is 5.69 Å². The first kappa shape index (κ1) is 15.4. The second-order valence-corrected chi connectivity index (χ2v) is 6.19. The Morgan fingerprint density at radius 1 is 1.20 bits per heavy atom. The zero-order valence-corrected chi connectivity index (χ0v) is 14.2. The van der Waals surface area contributed by atoms with Gasteiger partial charge in [0.05, 0.1) is 12.6 Å². The molecule has 2 heterocycles. The SMILES string of the molecule is COc1cccc(N(C)C(=O)c2cn3c4c(cccc4c2=O)CC3)c1. The Hall–Kier alpha value is -3.08. The normalized spacial score (nSPS) is 12.4. The number of benzene rings is 2. The number of ether oxygens (including phenoxy) is 1. The van der Waals surface area contributed by atoms with Crippen LogP contribution < -0.4 is 15.1 Å². The lowest BCUT2D eigenvalue weighted by Crippen LogP contribution is -2.31. The lowest BCUT2D eigenvalue weighted by Gasteiger charge is -2.18. The van der Waals surface area contributed by atoms with Gasteiger partial charge < -0.3 is 14.2 Å². The number of rotatable bonds is 3. The summed E-state index contributed by atoms with van der Waals surface area (Å²) in [6, 6.07) is 12.9. The average molecular weight is 334 g/mol. The lowest BCUT2D eigenvalue weighted by molar-refractivity contribution is 0.0991. The molecule has 5 nitrogen and oxygen atoms in total. The molecular weight excluding hydrogens is 316 g/mol. The van der Waals surface area contributed by atoms with Crippen molar-refractivity contribution in [3.8, 4) is 5.75 Å². The van der Waals surface area contributed by atoms with E-state index in [1.807, 2.05) is 34.9 Å². The Bertz CT molecular complexity index is 1050. The Balaban J connectivity index is 1.81. The van der Waals surface area contributed by atoms with E-state index < -0.39 is 0 Å². The van der Waals surface area contributed by atoms with Crippen molar-refractivity contribution in [2.45, 2.75) is 13.0 Å². The number of pyridine rings is 1. The van der Waals surface area contributed by atoms with E-state index in [1.54, 1.807) is 32.5 Å². The Morgan fingerprint density at radius 2 is 2.00 bits per heavy atom. The van der Waals surface area contributed by atoms with E-state index in [-0.39, 0.29) is 16.9 Å². The summed E-state index contributed by atoms with van der Waals surface area (Å²) in [7, 11) is 3.25. The first-order chi connectivity index (χ1) is 12.1. The molecule has 25 heavy (non-hydrogen) atoms. The lowest BCUT2D eigenvalue weighted by atomic mass is 10.1. The highest BCUT2D eigenvalue weighted by Gasteiger charge is 2.23. The summed E-state index contributed by atoms with van der Waals surface area (Å²) in [5, 5.41) is 0.611. The van der Waals surface area contributed by atoms with Gasteiger partial charge in [-0.1, -0.05) is 18.2 Å². The second-order valence-electron chi connectivity index (χ2n) is 6.19. The number of hydrogen-bond acceptors (Lipinski definition) is 3. The van der Waals surface area contributed by atoms with Crippen molar-refractivity contribution in [2.75, 3.05) is 19.1 Å². The molecule has 1 aliphatic heterocycles. The number of amides is 1. The number of hydrogen-bond donors (Lipinski definition) is 0. The molecule has 0 atom stereocenters. The molecule has 5 heteroatoms. The average Bonchev–Trinajstić information content (AvgIpc) is 3.07. The van der Waals surface area contributed by atoms with Gasteiger partial charge in [-0.25, -0.2) is 0 Å². The number of aromatic nitrogens is 1. The zero-order valence-electron chi connectivity index (χ0n) is 14.2. The van der Waals surface area contributed by atoms with E-state index in [9.17, 15) is 9.59 Å². The van der Waals surface area contributed by atoms with Crippen molar-refractivity contribution in [1.82, 2.24) is 4.57 Å². The molecule has 0 bridgehead atoms. The molecule has 0 unspecified atom stereocenters. The Morgan fingerprint density at radius 3 is 2.80 bits per heavy atom. The molecule has 0 saturated heterocycles. The number of carbonyl (C=O) groups excluding carboxylic acids is 1. The molecule has 0 radical (unpaired) electrons. The number of para-hydroxylation sites is 1. The summed E-state index contributed by atoms with van der Waals surface area (Å²) in [4.78, 5) is 27.3. The number of nitrogens with zero attached hydrogens (tertiary/aromatic N) is 2. The standard InChI is InChI=1S/C20H18N2O3/c1-21(14-6-4-7-15(11-14)25-2)20(24)17-12-22-10-9-13-5-3-8-16(18(13)22)19(17)23/h3-8,11-12H,9-10H2,1-2H3. The van der Waals surface area contributed by atoms with Gasteiger partial charge in [-0.2, -0.15) is 0 Å². The fourth-order valence-electron chi connectivity index (χ4n) is 3.43. The molecule has 2 aromatic carbocycles. The monoisotopic (exact) mass is 334 g/mol. The minimum absolute atomic E-state index is 0.192. The summed E-state index contributed by atoms with van der Waals surface area (Å²) >= 11 is 0. The molecule has 1 aromatic heterocycles. The molecular formula is C20H18N2O3. The Labute approximate surface area is 145 Å². The van der Waals surface area contributed by atoms with Gasteiger partial charge in [-0.05, 0) is 30.2 Å². The van der Waals surface area contributed by atoms with Crippen LogP contribution in [0.2, 0.25) is 0 Å². The Kier molecular flexibility index (Phi) is 3.57. The maximum Gasteiger partial charge on any atom is 0.263 e. The van der Waals surface area contributed by atoms with Gasteiger partial charge in [-0.15, -0.1) is 0 Å². The van der Waals surface area contributed by atoms with Crippen LogP contribution in [0.1, 0.15) is 15.9 Å². The van der Waals surface area contributed by atoms with E-state index in [4.69, 9.17) is 4.74 Å². The fraction of sp³-hybridized carbons (Fsp3) is 0.200. The van der Waals surface area contributed by atoms with Crippen LogP contribution in [0.3, 0.4) is 0 Å². The molecule has 0 spiro atoms. The van der Waals surface area contributed by atoms with Gasteiger partial charge in [-0.3, -0.25) is 9.59 Å². The highest BCUT2D eigenvalue weighted by atomic mass is 16.5. The van der Waals surface area contributed by atoms with Gasteiger partial charge in [0, 0.05) is 36.9 Å². The van der Waals surface area contributed by atoms with Crippen LogP contribution in [0.25, 0.3) is 10.9 Å². The van der Waals surface area contributed by atoms with Crippen molar-refractivity contribution in [1.29, 1.82) is 0 Å². The largest absolute Gasteiger partial charge is 0.497 e. The molecule has 0 saturated carbocycles. The third-order valence-corrected chi connectivity index (χ3v) is 4.78. The first-order valence-corrected chi connectivity index (χ1v) is 8.17. The predicted molar refractivity (Wildman–Crippen MR) is 97.6 cm³/mol. The maximum atomic E-state index is 13.0. The van der Waals surface area contributed by atoms with Crippen molar-refractivity contribution in [3.05, 3.63) is 70.0 Å². The van der Waals surface area contributed by atoms with Crippen LogP contribution >= 0.6 is 0 Å². The molecule has 0 fully saturated rings.